The first-order valence-electron chi connectivity index (χ1n) is 12.2. The molecule has 7 heteroatoms. The molecule has 5 aromatic carbocycles. The van der Waals surface area contributed by atoms with Gasteiger partial charge in [0.05, 0.1) is 38.4 Å². The largest absolute Gasteiger partial charge is 0.456 e. The standard InChI is InChI=1S/C32H15F2N3OS/c33-25-10-17(15-35)9-23-24-12-19(18-5-7-29-22(11-18)21-3-1-2-4-28(21)38-29)13-26(34)32(24)37(31(23)25)20-6-8-30-27(14-20)36-16-39-30/h1-14,16H. The number of nitriles is 1. The van der Waals surface area contributed by atoms with Gasteiger partial charge in [-0.1, -0.05) is 24.3 Å². The Bertz CT molecular complexity index is 2340. The number of halogens is 2. The number of nitrogens with zero attached hydrogens (tertiary/aromatic N) is 3. The SMILES string of the molecule is N#Cc1cc(F)c2c(c1)c1cc(-c3ccc4oc5ccccc5c4c3)cc(F)c1n2-c1ccc2scnc2c1. The summed E-state index contributed by atoms with van der Waals surface area (Å²) in [5, 5.41) is 12.4. The molecule has 0 aliphatic rings. The summed E-state index contributed by atoms with van der Waals surface area (Å²) in [7, 11) is 0. The Kier molecular flexibility index (Phi) is 4.49. The smallest absolute Gasteiger partial charge is 0.149 e. The summed E-state index contributed by atoms with van der Waals surface area (Å²) in [4.78, 5) is 4.38. The van der Waals surface area contributed by atoms with Gasteiger partial charge in [-0.05, 0) is 71.8 Å². The van der Waals surface area contributed by atoms with Crippen LogP contribution >= 0.6 is 11.3 Å². The van der Waals surface area contributed by atoms with Gasteiger partial charge < -0.3 is 8.98 Å². The van der Waals surface area contributed by atoms with Gasteiger partial charge >= 0.3 is 0 Å². The van der Waals surface area contributed by atoms with Crippen molar-refractivity contribution in [3.63, 3.8) is 0 Å². The van der Waals surface area contributed by atoms with Gasteiger partial charge in [0.15, 0.2) is 0 Å². The van der Waals surface area contributed by atoms with Crippen molar-refractivity contribution in [2.24, 2.45) is 0 Å². The fraction of sp³-hybridized carbons (Fsp3) is 0. The Morgan fingerprint density at radius 2 is 1.51 bits per heavy atom. The molecule has 8 rings (SSSR count). The highest BCUT2D eigenvalue weighted by Crippen LogP contribution is 2.40. The molecular formula is C32H15F2N3OS. The Morgan fingerprint density at radius 3 is 2.38 bits per heavy atom. The van der Waals surface area contributed by atoms with Crippen LogP contribution in [-0.4, -0.2) is 9.55 Å². The molecule has 0 saturated heterocycles. The molecule has 0 radical (unpaired) electrons. The van der Waals surface area contributed by atoms with Crippen LogP contribution in [0.4, 0.5) is 8.78 Å². The summed E-state index contributed by atoms with van der Waals surface area (Å²) in [6, 6.07) is 27.3. The number of hydrogen-bond donors (Lipinski definition) is 0. The Balaban J connectivity index is 1.45. The van der Waals surface area contributed by atoms with Gasteiger partial charge in [0, 0.05) is 27.2 Å². The van der Waals surface area contributed by atoms with Crippen molar-refractivity contribution < 1.29 is 13.2 Å². The monoisotopic (exact) mass is 527 g/mol. The maximum Gasteiger partial charge on any atom is 0.149 e. The minimum atomic E-state index is -0.592. The van der Waals surface area contributed by atoms with Gasteiger partial charge in [-0.2, -0.15) is 5.26 Å². The van der Waals surface area contributed by atoms with Gasteiger partial charge in [0.1, 0.15) is 22.8 Å². The lowest BCUT2D eigenvalue weighted by molar-refractivity contribution is 0.629. The zero-order chi connectivity index (χ0) is 26.2. The van der Waals surface area contributed by atoms with Crippen molar-refractivity contribution >= 4 is 65.3 Å². The van der Waals surface area contributed by atoms with Crippen molar-refractivity contribution in [1.29, 1.82) is 5.26 Å². The molecule has 0 aliphatic heterocycles. The maximum absolute atomic E-state index is 16.2. The van der Waals surface area contributed by atoms with E-state index in [2.05, 4.69) is 4.98 Å². The van der Waals surface area contributed by atoms with Crippen LogP contribution in [0.5, 0.6) is 0 Å². The Morgan fingerprint density at radius 1 is 0.744 bits per heavy atom. The van der Waals surface area contributed by atoms with Crippen molar-refractivity contribution in [2.75, 3.05) is 0 Å². The minimum absolute atomic E-state index is 0.172. The summed E-state index contributed by atoms with van der Waals surface area (Å²) < 4.78 is 40.3. The Labute approximate surface area is 223 Å². The second-order valence-electron chi connectivity index (χ2n) is 9.47. The van der Waals surface area contributed by atoms with Gasteiger partial charge in [-0.25, -0.2) is 13.8 Å². The van der Waals surface area contributed by atoms with E-state index < -0.39 is 11.6 Å². The molecule has 0 bridgehead atoms. The first-order valence-corrected chi connectivity index (χ1v) is 13.1. The van der Waals surface area contributed by atoms with E-state index in [0.29, 0.717) is 22.0 Å². The van der Waals surface area contributed by atoms with E-state index in [1.807, 2.05) is 72.8 Å². The number of para-hydroxylation sites is 1. The van der Waals surface area contributed by atoms with Crippen LogP contribution in [0.25, 0.3) is 70.8 Å². The van der Waals surface area contributed by atoms with E-state index in [0.717, 1.165) is 37.7 Å². The highest BCUT2D eigenvalue weighted by Gasteiger charge is 2.22. The van der Waals surface area contributed by atoms with Crippen molar-refractivity contribution in [3.8, 4) is 22.9 Å². The number of aromatic nitrogens is 2. The van der Waals surface area contributed by atoms with E-state index in [-0.39, 0.29) is 16.6 Å². The highest BCUT2D eigenvalue weighted by atomic mass is 32.1. The number of hydrogen-bond acceptors (Lipinski definition) is 4. The molecule has 0 amide bonds. The molecule has 0 aliphatic carbocycles. The summed E-state index contributed by atoms with van der Waals surface area (Å²) in [6.45, 7) is 0. The first kappa shape index (κ1) is 22.0. The summed E-state index contributed by atoms with van der Waals surface area (Å²) >= 11 is 1.50. The maximum atomic E-state index is 16.2. The molecule has 3 heterocycles. The molecule has 8 aromatic rings. The zero-order valence-corrected chi connectivity index (χ0v) is 20.9. The van der Waals surface area contributed by atoms with Gasteiger partial charge in [0.2, 0.25) is 0 Å². The molecule has 0 N–H and O–H groups in total. The number of thiazole rings is 1. The number of fused-ring (bicyclic) bond motifs is 7. The average Bonchev–Trinajstić information content (AvgIpc) is 3.66. The Hall–Kier alpha value is -5.06. The normalized spacial score (nSPS) is 11.8. The minimum Gasteiger partial charge on any atom is -0.456 e. The second kappa shape index (κ2) is 7.97. The van der Waals surface area contributed by atoms with Crippen molar-refractivity contribution in [2.45, 2.75) is 0 Å². The van der Waals surface area contributed by atoms with Gasteiger partial charge in [-0.3, -0.25) is 0 Å². The van der Waals surface area contributed by atoms with Crippen LogP contribution in [0, 0.1) is 23.0 Å². The summed E-state index contributed by atoms with van der Waals surface area (Å²) in [5.41, 5.74) is 6.69. The highest BCUT2D eigenvalue weighted by molar-refractivity contribution is 7.16. The third-order valence-corrected chi connectivity index (χ3v) is 8.09. The fourth-order valence-electron chi connectivity index (χ4n) is 5.56. The molecule has 0 fully saturated rings. The predicted octanol–water partition coefficient (Wildman–Crippen LogP) is 9.11. The van der Waals surface area contributed by atoms with Crippen LogP contribution in [-0.2, 0) is 0 Å². The molecule has 0 unspecified atom stereocenters. The number of furan rings is 1. The summed E-state index contributed by atoms with van der Waals surface area (Å²) in [6.07, 6.45) is 0. The van der Waals surface area contributed by atoms with E-state index in [1.165, 1.54) is 23.5 Å². The molecule has 0 spiro atoms. The van der Waals surface area contributed by atoms with Crippen LogP contribution < -0.4 is 0 Å². The van der Waals surface area contributed by atoms with Crippen LogP contribution in [0.1, 0.15) is 5.56 Å². The fourth-order valence-corrected chi connectivity index (χ4v) is 6.21. The zero-order valence-electron chi connectivity index (χ0n) is 20.1. The molecule has 0 saturated carbocycles. The van der Waals surface area contributed by atoms with E-state index in [4.69, 9.17) is 4.42 Å². The molecule has 0 atom stereocenters. The van der Waals surface area contributed by atoms with Crippen LogP contribution in [0.2, 0.25) is 0 Å². The number of rotatable bonds is 2. The second-order valence-corrected chi connectivity index (χ2v) is 10.4. The quantitative estimate of drug-likeness (QED) is 0.225. The first-order chi connectivity index (χ1) is 19.1. The molecule has 3 aromatic heterocycles. The summed E-state index contributed by atoms with van der Waals surface area (Å²) in [5.74, 6) is -1.09. The molecule has 184 valence electrons. The van der Waals surface area contributed by atoms with Gasteiger partial charge in [0.25, 0.3) is 0 Å². The van der Waals surface area contributed by atoms with Crippen LogP contribution in [0.3, 0.4) is 0 Å². The third-order valence-electron chi connectivity index (χ3n) is 7.28. The lowest BCUT2D eigenvalue weighted by Crippen LogP contribution is -1.98. The van der Waals surface area contributed by atoms with Gasteiger partial charge in [-0.15, -0.1) is 11.3 Å². The number of benzene rings is 5. The van der Waals surface area contributed by atoms with E-state index in [9.17, 15) is 5.26 Å². The topological polar surface area (TPSA) is 54.8 Å². The van der Waals surface area contributed by atoms with Crippen molar-refractivity contribution in [1.82, 2.24) is 9.55 Å². The van der Waals surface area contributed by atoms with Crippen molar-refractivity contribution in [3.05, 3.63) is 108 Å². The molecule has 39 heavy (non-hydrogen) atoms. The van der Waals surface area contributed by atoms with E-state index >= 15 is 8.78 Å². The lowest BCUT2D eigenvalue weighted by Gasteiger charge is -2.10. The molecular weight excluding hydrogens is 512 g/mol. The predicted molar refractivity (Wildman–Crippen MR) is 151 cm³/mol. The average molecular weight is 528 g/mol. The van der Waals surface area contributed by atoms with Crippen LogP contribution in [0.15, 0.2) is 94.9 Å². The molecule has 4 nitrogen and oxygen atoms in total. The lowest BCUT2D eigenvalue weighted by atomic mass is 10.00. The third kappa shape index (κ3) is 3.16. The van der Waals surface area contributed by atoms with E-state index in [1.54, 1.807) is 16.1 Å².